The van der Waals surface area contributed by atoms with Gasteiger partial charge in [-0.1, -0.05) is 0 Å². The molecule has 116 valence electrons. The van der Waals surface area contributed by atoms with E-state index in [1.54, 1.807) is 0 Å². The molecule has 0 aromatic carbocycles. The van der Waals surface area contributed by atoms with E-state index in [2.05, 4.69) is 4.74 Å². The van der Waals surface area contributed by atoms with Crippen molar-refractivity contribution in [2.24, 2.45) is 0 Å². The number of nitrogens with zero attached hydrogens (tertiary/aromatic N) is 1. The second-order valence-electron chi connectivity index (χ2n) is 4.07. The second kappa shape index (κ2) is 5.46. The number of aliphatic carboxylic acids is 1. The van der Waals surface area contributed by atoms with E-state index in [1.165, 1.54) is 0 Å². The molecular formula is C9H9F6NO4. The summed E-state index contributed by atoms with van der Waals surface area (Å²) < 4.78 is 78.4. The predicted molar refractivity (Wildman–Crippen MR) is 49.6 cm³/mol. The van der Waals surface area contributed by atoms with E-state index in [-0.39, 0.29) is 4.90 Å². The van der Waals surface area contributed by atoms with Gasteiger partial charge in [0.15, 0.2) is 6.10 Å². The lowest BCUT2D eigenvalue weighted by molar-refractivity contribution is -0.250. The van der Waals surface area contributed by atoms with E-state index in [1.807, 2.05) is 0 Å². The lowest BCUT2D eigenvalue weighted by Gasteiger charge is -2.39. The summed E-state index contributed by atoms with van der Waals surface area (Å²) in [7, 11) is 0. The molecule has 1 saturated heterocycles. The minimum atomic E-state index is -5.38. The maximum Gasteiger partial charge on any atom is 0.471 e. The lowest BCUT2D eigenvalue weighted by Crippen LogP contribution is -2.59. The third kappa shape index (κ3) is 3.99. The van der Waals surface area contributed by atoms with E-state index >= 15 is 0 Å². The first-order valence-electron chi connectivity index (χ1n) is 5.21. The van der Waals surface area contributed by atoms with Crippen LogP contribution in [0.1, 0.15) is 6.42 Å². The van der Waals surface area contributed by atoms with Gasteiger partial charge in [-0.2, -0.15) is 26.3 Å². The van der Waals surface area contributed by atoms with Crippen molar-refractivity contribution in [3.05, 3.63) is 0 Å². The Morgan fingerprint density at radius 2 is 1.75 bits per heavy atom. The third-order valence-corrected chi connectivity index (χ3v) is 2.57. The summed E-state index contributed by atoms with van der Waals surface area (Å²) >= 11 is 0. The zero-order chi connectivity index (χ0) is 15.7. The molecule has 0 aliphatic carbocycles. The molecule has 1 amide bonds. The van der Waals surface area contributed by atoms with Crippen LogP contribution in [-0.2, 0) is 14.3 Å². The van der Waals surface area contributed by atoms with Crippen molar-refractivity contribution in [1.82, 2.24) is 4.90 Å². The largest absolute Gasteiger partial charge is 0.481 e. The summed E-state index contributed by atoms with van der Waals surface area (Å²) in [6.45, 7) is -2.32. The molecule has 1 fully saturated rings. The molecule has 1 heterocycles. The first kappa shape index (κ1) is 16.5. The van der Waals surface area contributed by atoms with Gasteiger partial charge in [-0.25, -0.2) is 0 Å². The zero-order valence-electron chi connectivity index (χ0n) is 9.66. The van der Waals surface area contributed by atoms with E-state index in [0.29, 0.717) is 0 Å². The maximum atomic E-state index is 12.4. The van der Waals surface area contributed by atoms with Crippen molar-refractivity contribution in [1.29, 1.82) is 0 Å². The molecule has 20 heavy (non-hydrogen) atoms. The van der Waals surface area contributed by atoms with Crippen molar-refractivity contribution in [3.63, 3.8) is 0 Å². The highest BCUT2D eigenvalue weighted by molar-refractivity contribution is 5.83. The van der Waals surface area contributed by atoms with Crippen LogP contribution in [0, 0.1) is 0 Å². The van der Waals surface area contributed by atoms with Crippen molar-refractivity contribution >= 4 is 11.9 Å². The SMILES string of the molecule is O=C(O)CC1COC(C(F)(F)F)CN1C(=O)C(F)(F)F. The Morgan fingerprint density at radius 3 is 2.15 bits per heavy atom. The number of carbonyl (C=O) groups is 2. The van der Waals surface area contributed by atoms with Crippen LogP contribution in [0.4, 0.5) is 26.3 Å². The summed E-state index contributed by atoms with van der Waals surface area (Å²) in [6, 6.07) is -1.60. The number of hydrogen-bond donors (Lipinski definition) is 1. The molecule has 1 aliphatic rings. The number of amides is 1. The normalized spacial score (nSPS) is 24.6. The summed E-state index contributed by atoms with van der Waals surface area (Å²) in [4.78, 5) is 21.4. The molecule has 11 heteroatoms. The van der Waals surface area contributed by atoms with E-state index < -0.39 is 55.9 Å². The molecule has 0 aromatic rings. The Balaban J connectivity index is 2.94. The van der Waals surface area contributed by atoms with Gasteiger partial charge in [0.2, 0.25) is 0 Å². The van der Waals surface area contributed by atoms with Crippen LogP contribution in [-0.4, -0.2) is 59.5 Å². The average Bonchev–Trinajstić information content (AvgIpc) is 2.25. The summed E-state index contributed by atoms with van der Waals surface area (Å²) in [5.74, 6) is -4.06. The molecule has 2 unspecified atom stereocenters. The molecule has 0 saturated carbocycles. The van der Waals surface area contributed by atoms with Crippen molar-refractivity contribution < 1.29 is 45.8 Å². The van der Waals surface area contributed by atoms with E-state index in [4.69, 9.17) is 5.11 Å². The average molecular weight is 309 g/mol. The van der Waals surface area contributed by atoms with Gasteiger partial charge >= 0.3 is 24.2 Å². The first-order chi connectivity index (χ1) is 8.93. The summed E-state index contributed by atoms with van der Waals surface area (Å²) in [5, 5.41) is 8.50. The van der Waals surface area contributed by atoms with Gasteiger partial charge in [0.1, 0.15) is 0 Å². The van der Waals surface area contributed by atoms with E-state index in [0.717, 1.165) is 0 Å². The topological polar surface area (TPSA) is 66.8 Å². The second-order valence-corrected chi connectivity index (χ2v) is 4.07. The lowest BCUT2D eigenvalue weighted by atomic mass is 10.1. The van der Waals surface area contributed by atoms with Gasteiger partial charge in [0.05, 0.1) is 25.6 Å². The van der Waals surface area contributed by atoms with Crippen LogP contribution in [0.5, 0.6) is 0 Å². The molecule has 0 spiro atoms. The molecule has 0 radical (unpaired) electrons. The number of carboxylic acid groups (broad SMARTS) is 1. The number of carboxylic acids is 1. The number of carbonyl (C=O) groups excluding carboxylic acids is 1. The standard InChI is InChI=1S/C9H9F6NO4/c10-8(11,12)5-2-16(7(19)9(13,14)15)4(3-20-5)1-6(17)18/h4-5H,1-3H2,(H,17,18). The Labute approximate surface area is 108 Å². The fraction of sp³-hybridized carbons (Fsp3) is 0.778. The molecule has 1 N–H and O–H groups in total. The van der Waals surface area contributed by atoms with Gasteiger partial charge in [0, 0.05) is 0 Å². The minimum Gasteiger partial charge on any atom is -0.481 e. The Hall–Kier alpha value is -1.52. The fourth-order valence-corrected chi connectivity index (χ4v) is 1.68. The number of ether oxygens (including phenoxy) is 1. The van der Waals surface area contributed by atoms with Gasteiger partial charge in [-0.15, -0.1) is 0 Å². The summed E-state index contributed by atoms with van der Waals surface area (Å²) in [5.41, 5.74) is 0. The van der Waals surface area contributed by atoms with Crippen molar-refractivity contribution in [2.75, 3.05) is 13.2 Å². The monoisotopic (exact) mass is 309 g/mol. The summed E-state index contributed by atoms with van der Waals surface area (Å²) in [6.07, 6.45) is -13.8. The minimum absolute atomic E-state index is 0.143. The number of halogens is 6. The smallest absolute Gasteiger partial charge is 0.471 e. The van der Waals surface area contributed by atoms with E-state index in [9.17, 15) is 35.9 Å². The quantitative estimate of drug-likeness (QED) is 0.778. The molecule has 2 atom stereocenters. The predicted octanol–water partition coefficient (Wildman–Crippen LogP) is 1.18. The van der Waals surface area contributed by atoms with Gasteiger partial charge < -0.3 is 14.7 Å². The fourth-order valence-electron chi connectivity index (χ4n) is 1.68. The Bertz CT molecular complexity index is 393. The number of morpholine rings is 1. The van der Waals surface area contributed by atoms with Crippen molar-refractivity contribution in [3.8, 4) is 0 Å². The van der Waals surface area contributed by atoms with Gasteiger partial charge in [-0.3, -0.25) is 9.59 Å². The zero-order valence-corrected chi connectivity index (χ0v) is 9.66. The van der Waals surface area contributed by atoms with Crippen LogP contribution >= 0.6 is 0 Å². The van der Waals surface area contributed by atoms with Crippen LogP contribution in [0.2, 0.25) is 0 Å². The van der Waals surface area contributed by atoms with Crippen LogP contribution in [0.15, 0.2) is 0 Å². The molecule has 1 aliphatic heterocycles. The molecular weight excluding hydrogens is 300 g/mol. The highest BCUT2D eigenvalue weighted by Gasteiger charge is 2.52. The Kier molecular flexibility index (Phi) is 4.52. The molecule has 1 rings (SSSR count). The molecule has 0 bridgehead atoms. The van der Waals surface area contributed by atoms with Gasteiger partial charge in [-0.05, 0) is 0 Å². The number of rotatable bonds is 2. The van der Waals surface area contributed by atoms with Gasteiger partial charge in [0.25, 0.3) is 0 Å². The maximum absolute atomic E-state index is 12.4. The Morgan fingerprint density at radius 1 is 1.20 bits per heavy atom. The van der Waals surface area contributed by atoms with Crippen LogP contribution < -0.4 is 0 Å². The van der Waals surface area contributed by atoms with Crippen molar-refractivity contribution in [2.45, 2.75) is 30.9 Å². The molecule has 0 aromatic heterocycles. The van der Waals surface area contributed by atoms with Crippen LogP contribution in [0.25, 0.3) is 0 Å². The number of alkyl halides is 6. The van der Waals surface area contributed by atoms with Crippen LogP contribution in [0.3, 0.4) is 0 Å². The molecule has 5 nitrogen and oxygen atoms in total. The highest BCUT2D eigenvalue weighted by atomic mass is 19.4. The third-order valence-electron chi connectivity index (χ3n) is 2.57. The highest BCUT2D eigenvalue weighted by Crippen LogP contribution is 2.30. The first-order valence-corrected chi connectivity index (χ1v) is 5.21. The number of hydrogen-bond acceptors (Lipinski definition) is 3.